The molecule has 0 saturated heterocycles. The van der Waals surface area contributed by atoms with E-state index in [4.69, 9.17) is 23.2 Å². The van der Waals surface area contributed by atoms with Gasteiger partial charge in [-0.25, -0.2) is 0 Å². The van der Waals surface area contributed by atoms with Gasteiger partial charge in [0.25, 0.3) is 5.91 Å². The summed E-state index contributed by atoms with van der Waals surface area (Å²) in [5.74, 6) is -0.522. The highest BCUT2D eigenvalue weighted by Gasteiger charge is 2.12. The average Bonchev–Trinajstić information content (AvgIpc) is 2.41. The molecule has 0 aromatic heterocycles. The van der Waals surface area contributed by atoms with Gasteiger partial charge < -0.3 is 10.6 Å². The molecule has 2 aromatic rings. The summed E-state index contributed by atoms with van der Waals surface area (Å²) in [6.07, 6.45) is 0. The number of hydrogen-bond donors (Lipinski definition) is 2. The molecule has 4 nitrogen and oxygen atoms in total. The predicted molar refractivity (Wildman–Crippen MR) is 89.9 cm³/mol. The van der Waals surface area contributed by atoms with Crippen LogP contribution in [0.1, 0.15) is 22.8 Å². The van der Waals surface area contributed by atoms with Crippen LogP contribution in [0.2, 0.25) is 10.0 Å². The van der Waals surface area contributed by atoms with E-state index in [0.717, 1.165) is 5.56 Å². The molecular weight excluding hydrogens is 323 g/mol. The molecule has 0 radical (unpaired) electrons. The zero-order valence-corrected chi connectivity index (χ0v) is 13.5. The number of amides is 2. The third-order valence-corrected chi connectivity index (χ3v) is 3.53. The SMILES string of the molecule is CC(=O)Nc1cc(NC(=O)c2ccc(Cl)cc2Cl)ccc1C. The average molecular weight is 337 g/mol. The third kappa shape index (κ3) is 4.00. The van der Waals surface area contributed by atoms with Crippen LogP contribution >= 0.6 is 23.2 Å². The largest absolute Gasteiger partial charge is 0.326 e. The van der Waals surface area contributed by atoms with Crippen molar-refractivity contribution in [3.05, 3.63) is 57.6 Å². The lowest BCUT2D eigenvalue weighted by atomic mass is 10.1. The maximum Gasteiger partial charge on any atom is 0.257 e. The van der Waals surface area contributed by atoms with Gasteiger partial charge in [-0.05, 0) is 42.8 Å². The van der Waals surface area contributed by atoms with Gasteiger partial charge in [0.15, 0.2) is 0 Å². The van der Waals surface area contributed by atoms with Gasteiger partial charge in [-0.15, -0.1) is 0 Å². The van der Waals surface area contributed by atoms with Crippen LogP contribution in [0.5, 0.6) is 0 Å². The van der Waals surface area contributed by atoms with Crippen molar-refractivity contribution in [1.29, 1.82) is 0 Å². The minimum absolute atomic E-state index is 0.174. The lowest BCUT2D eigenvalue weighted by molar-refractivity contribution is -0.114. The van der Waals surface area contributed by atoms with Gasteiger partial charge in [0.2, 0.25) is 5.91 Å². The first-order valence-electron chi connectivity index (χ1n) is 6.51. The van der Waals surface area contributed by atoms with Crippen molar-refractivity contribution in [2.75, 3.05) is 10.6 Å². The van der Waals surface area contributed by atoms with Gasteiger partial charge >= 0.3 is 0 Å². The van der Waals surface area contributed by atoms with Crippen LogP contribution in [-0.4, -0.2) is 11.8 Å². The smallest absolute Gasteiger partial charge is 0.257 e. The summed E-state index contributed by atoms with van der Waals surface area (Å²) in [5.41, 5.74) is 2.43. The Labute approximate surface area is 138 Å². The van der Waals surface area contributed by atoms with Crippen molar-refractivity contribution in [2.24, 2.45) is 0 Å². The van der Waals surface area contributed by atoms with Gasteiger partial charge in [0, 0.05) is 23.3 Å². The Bertz CT molecular complexity index is 745. The zero-order valence-electron chi connectivity index (χ0n) is 12.0. The second-order valence-electron chi connectivity index (χ2n) is 4.79. The van der Waals surface area contributed by atoms with E-state index in [0.29, 0.717) is 22.0 Å². The molecule has 22 heavy (non-hydrogen) atoms. The van der Waals surface area contributed by atoms with E-state index in [1.165, 1.54) is 13.0 Å². The Hall–Kier alpha value is -2.04. The number of benzene rings is 2. The molecule has 0 heterocycles. The van der Waals surface area contributed by atoms with Crippen LogP contribution in [0, 0.1) is 6.92 Å². The van der Waals surface area contributed by atoms with Crippen LogP contribution in [0.15, 0.2) is 36.4 Å². The number of aryl methyl sites for hydroxylation is 1. The molecule has 0 aliphatic rings. The van der Waals surface area contributed by atoms with Crippen molar-refractivity contribution < 1.29 is 9.59 Å². The lowest BCUT2D eigenvalue weighted by Crippen LogP contribution is -2.13. The van der Waals surface area contributed by atoms with E-state index in [9.17, 15) is 9.59 Å². The van der Waals surface area contributed by atoms with E-state index in [2.05, 4.69) is 10.6 Å². The van der Waals surface area contributed by atoms with E-state index < -0.39 is 0 Å². The molecule has 0 unspecified atom stereocenters. The Morgan fingerprint density at radius 2 is 1.73 bits per heavy atom. The maximum atomic E-state index is 12.2. The van der Waals surface area contributed by atoms with Crippen molar-refractivity contribution in [3.8, 4) is 0 Å². The fourth-order valence-corrected chi connectivity index (χ4v) is 2.39. The minimum atomic E-state index is -0.348. The molecule has 2 N–H and O–H groups in total. The van der Waals surface area contributed by atoms with E-state index in [1.54, 1.807) is 24.3 Å². The number of carbonyl (C=O) groups is 2. The topological polar surface area (TPSA) is 58.2 Å². The highest BCUT2D eigenvalue weighted by atomic mass is 35.5. The second-order valence-corrected chi connectivity index (χ2v) is 5.63. The Morgan fingerprint density at radius 1 is 1.00 bits per heavy atom. The van der Waals surface area contributed by atoms with Crippen molar-refractivity contribution in [2.45, 2.75) is 13.8 Å². The molecule has 114 valence electrons. The van der Waals surface area contributed by atoms with E-state index >= 15 is 0 Å². The van der Waals surface area contributed by atoms with Gasteiger partial charge in [-0.1, -0.05) is 29.3 Å². The molecule has 2 rings (SSSR count). The standard InChI is InChI=1S/C16H14Cl2N2O2/c1-9-3-5-12(8-15(9)19-10(2)21)20-16(22)13-6-4-11(17)7-14(13)18/h3-8H,1-2H3,(H,19,21)(H,20,22). The number of rotatable bonds is 3. The normalized spacial score (nSPS) is 10.2. The van der Waals surface area contributed by atoms with E-state index in [1.807, 2.05) is 13.0 Å². The molecule has 2 amide bonds. The predicted octanol–water partition coefficient (Wildman–Crippen LogP) is 4.51. The first kappa shape index (κ1) is 16.3. The van der Waals surface area contributed by atoms with Crippen LogP contribution in [0.25, 0.3) is 0 Å². The number of anilines is 2. The molecule has 2 aromatic carbocycles. The molecule has 0 aliphatic carbocycles. The highest BCUT2D eigenvalue weighted by Crippen LogP contribution is 2.24. The summed E-state index contributed by atoms with van der Waals surface area (Å²) in [4.78, 5) is 23.4. The fraction of sp³-hybridized carbons (Fsp3) is 0.125. The summed E-state index contributed by atoms with van der Waals surface area (Å²) < 4.78 is 0. The molecular formula is C16H14Cl2N2O2. The maximum absolute atomic E-state index is 12.2. The van der Waals surface area contributed by atoms with Gasteiger partial charge in [-0.3, -0.25) is 9.59 Å². The Morgan fingerprint density at radius 3 is 2.36 bits per heavy atom. The number of nitrogens with one attached hydrogen (secondary N) is 2. The second kappa shape index (κ2) is 6.81. The Balaban J connectivity index is 2.23. The van der Waals surface area contributed by atoms with Crippen molar-refractivity contribution in [3.63, 3.8) is 0 Å². The summed E-state index contributed by atoms with van der Waals surface area (Å²) in [5, 5.41) is 6.19. The number of hydrogen-bond acceptors (Lipinski definition) is 2. The quantitative estimate of drug-likeness (QED) is 0.866. The van der Waals surface area contributed by atoms with Crippen molar-refractivity contribution in [1.82, 2.24) is 0 Å². The molecule has 6 heteroatoms. The minimum Gasteiger partial charge on any atom is -0.326 e. The van der Waals surface area contributed by atoms with Gasteiger partial charge in [-0.2, -0.15) is 0 Å². The van der Waals surface area contributed by atoms with E-state index in [-0.39, 0.29) is 16.8 Å². The van der Waals surface area contributed by atoms with Crippen LogP contribution in [-0.2, 0) is 4.79 Å². The highest BCUT2D eigenvalue weighted by molar-refractivity contribution is 6.37. The summed E-state index contributed by atoms with van der Waals surface area (Å²) in [6, 6.07) is 9.92. The monoisotopic (exact) mass is 336 g/mol. The van der Waals surface area contributed by atoms with Gasteiger partial charge in [0.05, 0.1) is 10.6 Å². The summed E-state index contributed by atoms with van der Waals surface area (Å²) in [7, 11) is 0. The van der Waals surface area contributed by atoms with Crippen LogP contribution in [0.4, 0.5) is 11.4 Å². The molecule has 0 fully saturated rings. The molecule has 0 bridgehead atoms. The molecule has 0 atom stereocenters. The van der Waals surface area contributed by atoms with Crippen LogP contribution < -0.4 is 10.6 Å². The summed E-state index contributed by atoms with van der Waals surface area (Å²) in [6.45, 7) is 3.30. The lowest BCUT2D eigenvalue weighted by Gasteiger charge is -2.11. The Kier molecular flexibility index (Phi) is 5.06. The van der Waals surface area contributed by atoms with Crippen LogP contribution in [0.3, 0.4) is 0 Å². The zero-order chi connectivity index (χ0) is 16.3. The first-order valence-corrected chi connectivity index (χ1v) is 7.27. The first-order chi connectivity index (χ1) is 10.4. The number of halogens is 2. The third-order valence-electron chi connectivity index (χ3n) is 2.98. The molecule has 0 spiro atoms. The fourth-order valence-electron chi connectivity index (χ4n) is 1.90. The molecule has 0 aliphatic heterocycles. The number of carbonyl (C=O) groups excluding carboxylic acids is 2. The molecule has 0 saturated carbocycles. The van der Waals surface area contributed by atoms with Gasteiger partial charge in [0.1, 0.15) is 0 Å². The summed E-state index contributed by atoms with van der Waals surface area (Å²) >= 11 is 11.8. The van der Waals surface area contributed by atoms with Crippen molar-refractivity contribution >= 4 is 46.4 Å².